The zero-order valence-corrected chi connectivity index (χ0v) is 9.59. The van der Waals surface area contributed by atoms with Crippen molar-refractivity contribution in [3.63, 3.8) is 0 Å². The topological polar surface area (TPSA) is 38.1 Å². The monoisotopic (exact) mass is 216 g/mol. The second-order valence-corrected chi connectivity index (χ2v) is 4.47. The molecule has 1 N–H and O–H groups in total. The highest BCUT2D eigenvalue weighted by Gasteiger charge is 2.17. The van der Waals surface area contributed by atoms with Gasteiger partial charge in [-0.1, -0.05) is 30.3 Å². The maximum absolute atomic E-state index is 9.82. The average molecular weight is 216 g/mol. The molecule has 1 heterocycles. The fraction of sp³-hybridized carbons (Fsp3) is 0.308. The summed E-state index contributed by atoms with van der Waals surface area (Å²) in [6.07, 6.45) is 3.59. The summed E-state index contributed by atoms with van der Waals surface area (Å²) in [6, 6.07) is 10.1. The molecule has 0 amide bonds. The Bertz CT molecular complexity index is 454. The molecule has 3 nitrogen and oxygen atoms in total. The van der Waals surface area contributed by atoms with Gasteiger partial charge in [-0.05, 0) is 19.4 Å². The predicted octanol–water partition coefficient (Wildman–Crippen LogP) is 2.16. The Balaban J connectivity index is 2.15. The molecule has 0 aliphatic rings. The normalized spacial score (nSPS) is 11.7. The third-order valence-corrected chi connectivity index (χ3v) is 2.53. The van der Waals surface area contributed by atoms with Gasteiger partial charge in [0.05, 0.1) is 18.3 Å². The van der Waals surface area contributed by atoms with Crippen LogP contribution in [-0.2, 0) is 12.1 Å². The Morgan fingerprint density at radius 1 is 1.25 bits per heavy atom. The number of nitrogens with zero attached hydrogens (tertiary/aromatic N) is 2. The minimum Gasteiger partial charge on any atom is -0.386 e. The van der Waals surface area contributed by atoms with Gasteiger partial charge in [0.2, 0.25) is 0 Å². The first-order valence-electron chi connectivity index (χ1n) is 5.35. The number of hydrogen-bond donors (Lipinski definition) is 1. The Morgan fingerprint density at radius 2 is 1.94 bits per heavy atom. The van der Waals surface area contributed by atoms with Crippen LogP contribution in [-0.4, -0.2) is 14.9 Å². The van der Waals surface area contributed by atoms with E-state index in [1.807, 2.05) is 29.1 Å². The molecule has 0 fully saturated rings. The van der Waals surface area contributed by atoms with Crippen molar-refractivity contribution in [3.05, 3.63) is 53.9 Å². The Hall–Kier alpha value is -1.61. The molecule has 1 aromatic carbocycles. The second kappa shape index (κ2) is 4.10. The van der Waals surface area contributed by atoms with Gasteiger partial charge in [-0.25, -0.2) is 0 Å². The molecular weight excluding hydrogens is 200 g/mol. The molecule has 0 aliphatic carbocycles. The maximum Gasteiger partial charge on any atom is 0.0870 e. The van der Waals surface area contributed by atoms with Gasteiger partial charge in [-0.3, -0.25) is 4.68 Å². The number of rotatable bonds is 3. The van der Waals surface area contributed by atoms with Gasteiger partial charge in [-0.15, -0.1) is 0 Å². The van der Waals surface area contributed by atoms with Crippen LogP contribution in [0.4, 0.5) is 0 Å². The second-order valence-electron chi connectivity index (χ2n) is 4.47. The van der Waals surface area contributed by atoms with Crippen LogP contribution < -0.4 is 0 Å². The summed E-state index contributed by atoms with van der Waals surface area (Å²) in [7, 11) is 0. The third kappa shape index (κ3) is 2.49. The average Bonchev–Trinajstić information content (AvgIpc) is 2.67. The molecule has 2 aromatic rings. The maximum atomic E-state index is 9.82. The van der Waals surface area contributed by atoms with Crippen molar-refractivity contribution < 1.29 is 5.11 Å². The Labute approximate surface area is 95.3 Å². The highest BCUT2D eigenvalue weighted by Crippen LogP contribution is 2.18. The summed E-state index contributed by atoms with van der Waals surface area (Å²) < 4.78 is 1.84. The first-order chi connectivity index (χ1) is 7.55. The summed E-state index contributed by atoms with van der Waals surface area (Å²) in [5.41, 5.74) is 1.21. The van der Waals surface area contributed by atoms with Gasteiger partial charge < -0.3 is 5.11 Å². The van der Waals surface area contributed by atoms with Gasteiger partial charge in [0, 0.05) is 11.8 Å². The highest BCUT2D eigenvalue weighted by atomic mass is 16.3. The zero-order chi connectivity index (χ0) is 11.6. The number of hydrogen-bond acceptors (Lipinski definition) is 2. The van der Waals surface area contributed by atoms with Gasteiger partial charge >= 0.3 is 0 Å². The van der Waals surface area contributed by atoms with Crippen LogP contribution >= 0.6 is 0 Å². The minimum absolute atomic E-state index is 0.733. The molecule has 16 heavy (non-hydrogen) atoms. The fourth-order valence-corrected chi connectivity index (χ4v) is 1.54. The summed E-state index contributed by atoms with van der Waals surface area (Å²) >= 11 is 0. The number of aromatic nitrogens is 2. The van der Waals surface area contributed by atoms with Crippen molar-refractivity contribution >= 4 is 0 Å². The van der Waals surface area contributed by atoms with E-state index in [0.29, 0.717) is 0 Å². The van der Waals surface area contributed by atoms with E-state index in [1.54, 1.807) is 20.0 Å². The SMILES string of the molecule is CC(C)(O)c1cnn(Cc2ccccc2)c1. The summed E-state index contributed by atoms with van der Waals surface area (Å²) in [5, 5.41) is 14.0. The van der Waals surface area contributed by atoms with E-state index in [0.717, 1.165) is 12.1 Å². The van der Waals surface area contributed by atoms with Gasteiger partial charge in [0.15, 0.2) is 0 Å². The third-order valence-electron chi connectivity index (χ3n) is 2.53. The molecule has 0 saturated heterocycles. The number of aliphatic hydroxyl groups is 1. The van der Waals surface area contributed by atoms with Gasteiger partial charge in [0.25, 0.3) is 0 Å². The summed E-state index contributed by atoms with van der Waals surface area (Å²) in [4.78, 5) is 0. The largest absolute Gasteiger partial charge is 0.386 e. The molecule has 0 saturated carbocycles. The van der Waals surface area contributed by atoms with Crippen LogP contribution in [0.2, 0.25) is 0 Å². The van der Waals surface area contributed by atoms with Crippen LogP contribution in [0.1, 0.15) is 25.0 Å². The molecule has 0 spiro atoms. The van der Waals surface area contributed by atoms with Crippen molar-refractivity contribution in [2.45, 2.75) is 26.0 Å². The van der Waals surface area contributed by atoms with Crippen molar-refractivity contribution in [1.29, 1.82) is 0 Å². The van der Waals surface area contributed by atoms with Crippen molar-refractivity contribution in [1.82, 2.24) is 9.78 Å². The predicted molar refractivity (Wildman–Crippen MR) is 63.0 cm³/mol. The minimum atomic E-state index is -0.824. The molecule has 0 aliphatic heterocycles. The first kappa shape index (κ1) is 10.9. The van der Waals surface area contributed by atoms with E-state index in [4.69, 9.17) is 0 Å². The van der Waals surface area contributed by atoms with E-state index in [1.165, 1.54) is 5.56 Å². The lowest BCUT2D eigenvalue weighted by molar-refractivity contribution is 0.0785. The molecule has 0 radical (unpaired) electrons. The number of benzene rings is 1. The van der Waals surface area contributed by atoms with Crippen LogP contribution in [0, 0.1) is 0 Å². The van der Waals surface area contributed by atoms with Crippen LogP contribution in [0.15, 0.2) is 42.7 Å². The molecule has 3 heteroatoms. The molecule has 1 aromatic heterocycles. The van der Waals surface area contributed by atoms with Crippen molar-refractivity contribution in [2.75, 3.05) is 0 Å². The van der Waals surface area contributed by atoms with E-state index in [9.17, 15) is 5.11 Å². The lowest BCUT2D eigenvalue weighted by atomic mass is 10.0. The molecule has 0 unspecified atom stereocenters. The van der Waals surface area contributed by atoms with E-state index < -0.39 is 5.60 Å². The smallest absolute Gasteiger partial charge is 0.0870 e. The molecule has 0 bridgehead atoms. The summed E-state index contributed by atoms with van der Waals surface area (Å²) in [6.45, 7) is 4.25. The fourth-order valence-electron chi connectivity index (χ4n) is 1.54. The summed E-state index contributed by atoms with van der Waals surface area (Å²) in [5.74, 6) is 0. The van der Waals surface area contributed by atoms with Crippen molar-refractivity contribution in [2.24, 2.45) is 0 Å². The van der Waals surface area contributed by atoms with E-state index in [-0.39, 0.29) is 0 Å². The van der Waals surface area contributed by atoms with Gasteiger partial charge in [0.1, 0.15) is 0 Å². The van der Waals surface area contributed by atoms with E-state index >= 15 is 0 Å². The quantitative estimate of drug-likeness (QED) is 0.853. The van der Waals surface area contributed by atoms with Crippen LogP contribution in [0.5, 0.6) is 0 Å². The Kier molecular flexibility index (Phi) is 2.79. The zero-order valence-electron chi connectivity index (χ0n) is 9.59. The Morgan fingerprint density at radius 3 is 2.50 bits per heavy atom. The molecule has 2 rings (SSSR count). The molecular formula is C13H16N2O. The first-order valence-corrected chi connectivity index (χ1v) is 5.35. The van der Waals surface area contributed by atoms with E-state index in [2.05, 4.69) is 17.2 Å². The van der Waals surface area contributed by atoms with Gasteiger partial charge in [-0.2, -0.15) is 5.10 Å². The van der Waals surface area contributed by atoms with Crippen LogP contribution in [0.25, 0.3) is 0 Å². The lowest BCUT2D eigenvalue weighted by Gasteiger charge is -2.13. The standard InChI is InChI=1S/C13H16N2O/c1-13(2,16)12-8-14-15(10-12)9-11-6-4-3-5-7-11/h3-8,10,16H,9H2,1-2H3. The van der Waals surface area contributed by atoms with Crippen molar-refractivity contribution in [3.8, 4) is 0 Å². The molecule has 0 atom stereocenters. The van der Waals surface area contributed by atoms with Crippen LogP contribution in [0.3, 0.4) is 0 Å². The molecule has 84 valence electrons. The highest BCUT2D eigenvalue weighted by molar-refractivity contribution is 5.17. The lowest BCUT2D eigenvalue weighted by Crippen LogP contribution is -2.14.